The van der Waals surface area contributed by atoms with E-state index in [1.807, 2.05) is 45.0 Å². The molecule has 0 aliphatic heterocycles. The van der Waals surface area contributed by atoms with Gasteiger partial charge in [0.25, 0.3) is 0 Å². The van der Waals surface area contributed by atoms with Crippen molar-refractivity contribution in [3.05, 3.63) is 34.9 Å². The summed E-state index contributed by atoms with van der Waals surface area (Å²) in [4.78, 5) is 14.3. The molecular weight excluding hydrogens is 390 g/mol. The minimum absolute atomic E-state index is 0.252. The lowest BCUT2D eigenvalue weighted by molar-refractivity contribution is 0.0230. The summed E-state index contributed by atoms with van der Waals surface area (Å²) in [7, 11) is 0. The smallest absolute Gasteiger partial charge is 0.410 e. The van der Waals surface area contributed by atoms with Crippen molar-refractivity contribution in [2.24, 2.45) is 0 Å². The number of rotatable bonds is 9. The first kappa shape index (κ1) is 21.3. The molecule has 0 spiro atoms. The van der Waals surface area contributed by atoms with Crippen LogP contribution >= 0.6 is 27.5 Å². The van der Waals surface area contributed by atoms with Gasteiger partial charge in [0.05, 0.1) is 0 Å². The summed E-state index contributed by atoms with van der Waals surface area (Å²) in [5.74, 6) is 0. The van der Waals surface area contributed by atoms with Gasteiger partial charge in [0.15, 0.2) is 0 Å². The summed E-state index contributed by atoms with van der Waals surface area (Å²) in [6, 6.07) is 7.61. The Morgan fingerprint density at radius 3 is 2.25 bits per heavy atom. The van der Waals surface area contributed by atoms with Crippen LogP contribution < -0.4 is 0 Å². The Bertz CT molecular complexity index is 485. The van der Waals surface area contributed by atoms with Crippen molar-refractivity contribution in [3.63, 3.8) is 0 Å². The third kappa shape index (κ3) is 9.53. The van der Waals surface area contributed by atoms with Crippen molar-refractivity contribution in [2.45, 2.75) is 65.0 Å². The van der Waals surface area contributed by atoms with Gasteiger partial charge in [-0.2, -0.15) is 0 Å². The number of benzene rings is 1. The second kappa shape index (κ2) is 11.0. The molecule has 0 heterocycles. The molecule has 0 aromatic heterocycles. The number of hydrogen-bond acceptors (Lipinski definition) is 2. The Hall–Kier alpha value is -0.740. The summed E-state index contributed by atoms with van der Waals surface area (Å²) in [5, 5.41) is 1.77. The van der Waals surface area contributed by atoms with Gasteiger partial charge in [-0.25, -0.2) is 4.79 Å². The average molecular weight is 419 g/mol. The Labute approximate surface area is 159 Å². The van der Waals surface area contributed by atoms with E-state index < -0.39 is 5.60 Å². The van der Waals surface area contributed by atoms with Crippen molar-refractivity contribution >= 4 is 33.6 Å². The van der Waals surface area contributed by atoms with Crippen molar-refractivity contribution < 1.29 is 9.53 Å². The highest BCUT2D eigenvalue weighted by Gasteiger charge is 2.22. The number of alkyl halides is 1. The number of carbonyl (C=O) groups excluding carboxylic acids is 1. The van der Waals surface area contributed by atoms with Gasteiger partial charge in [0.2, 0.25) is 0 Å². The first-order chi connectivity index (χ1) is 11.3. The summed E-state index contributed by atoms with van der Waals surface area (Å²) in [6.07, 6.45) is 5.52. The van der Waals surface area contributed by atoms with Gasteiger partial charge in [-0.15, -0.1) is 0 Å². The molecule has 1 aromatic rings. The molecule has 0 fully saturated rings. The standard InChI is InChI=1S/C19H29BrClNO2/c1-19(2,3)24-18(23)22(14-8-6-4-5-7-13-20)15-16-9-11-17(21)12-10-16/h9-12H,4-8,13-15H2,1-3H3. The Morgan fingerprint density at radius 1 is 1.08 bits per heavy atom. The maximum Gasteiger partial charge on any atom is 0.410 e. The van der Waals surface area contributed by atoms with Gasteiger partial charge in [0.1, 0.15) is 5.60 Å². The Balaban J connectivity index is 2.58. The molecule has 0 radical (unpaired) electrons. The van der Waals surface area contributed by atoms with Gasteiger partial charge >= 0.3 is 6.09 Å². The van der Waals surface area contributed by atoms with Crippen LogP contribution in [0.1, 0.15) is 58.4 Å². The second-order valence-electron chi connectivity index (χ2n) is 6.99. The van der Waals surface area contributed by atoms with E-state index in [1.165, 1.54) is 19.3 Å². The molecule has 3 nitrogen and oxygen atoms in total. The largest absolute Gasteiger partial charge is 0.444 e. The minimum atomic E-state index is -0.481. The molecule has 0 bridgehead atoms. The fourth-order valence-corrected chi connectivity index (χ4v) is 2.82. The molecule has 1 rings (SSSR count). The lowest BCUT2D eigenvalue weighted by Gasteiger charge is -2.27. The molecule has 0 saturated heterocycles. The van der Waals surface area contributed by atoms with Crippen molar-refractivity contribution in [2.75, 3.05) is 11.9 Å². The van der Waals surface area contributed by atoms with E-state index in [9.17, 15) is 4.79 Å². The second-order valence-corrected chi connectivity index (χ2v) is 8.21. The molecule has 0 atom stereocenters. The number of ether oxygens (including phenoxy) is 1. The summed E-state index contributed by atoms with van der Waals surface area (Å²) in [6.45, 7) is 6.95. The number of unbranched alkanes of at least 4 members (excludes halogenated alkanes) is 4. The van der Waals surface area contributed by atoms with Crippen LogP contribution in [0.25, 0.3) is 0 Å². The number of nitrogens with zero attached hydrogens (tertiary/aromatic N) is 1. The number of amides is 1. The van der Waals surface area contributed by atoms with Crippen LogP contribution in [0, 0.1) is 0 Å². The SMILES string of the molecule is CC(C)(C)OC(=O)N(CCCCCCCBr)Cc1ccc(Cl)cc1. The quantitative estimate of drug-likeness (QED) is 0.342. The fourth-order valence-electron chi connectivity index (χ4n) is 2.30. The highest BCUT2D eigenvalue weighted by Crippen LogP contribution is 2.16. The molecule has 5 heteroatoms. The third-order valence-electron chi connectivity index (χ3n) is 3.50. The van der Waals surface area contributed by atoms with Crippen LogP contribution in [-0.2, 0) is 11.3 Å². The molecular formula is C19H29BrClNO2. The van der Waals surface area contributed by atoms with E-state index in [1.54, 1.807) is 4.90 Å². The minimum Gasteiger partial charge on any atom is -0.444 e. The van der Waals surface area contributed by atoms with Gasteiger partial charge in [-0.05, 0) is 51.3 Å². The molecule has 1 amide bonds. The number of halogens is 2. The average Bonchev–Trinajstić information content (AvgIpc) is 2.49. The van der Waals surface area contributed by atoms with Crippen molar-refractivity contribution in [1.29, 1.82) is 0 Å². The molecule has 24 heavy (non-hydrogen) atoms. The van der Waals surface area contributed by atoms with Crippen LogP contribution in [0.15, 0.2) is 24.3 Å². The predicted molar refractivity (Wildman–Crippen MR) is 105 cm³/mol. The topological polar surface area (TPSA) is 29.5 Å². The van der Waals surface area contributed by atoms with Gasteiger partial charge < -0.3 is 9.64 Å². The van der Waals surface area contributed by atoms with E-state index in [4.69, 9.17) is 16.3 Å². The summed E-state index contributed by atoms with van der Waals surface area (Å²) < 4.78 is 5.55. The number of hydrogen-bond donors (Lipinski definition) is 0. The Morgan fingerprint density at radius 2 is 1.67 bits per heavy atom. The maximum absolute atomic E-state index is 12.5. The molecule has 1 aromatic carbocycles. The van der Waals surface area contributed by atoms with Crippen LogP contribution in [-0.4, -0.2) is 28.5 Å². The molecule has 0 aliphatic carbocycles. The molecule has 0 unspecified atom stereocenters. The molecule has 0 saturated carbocycles. The zero-order valence-electron chi connectivity index (χ0n) is 15.0. The fraction of sp³-hybridized carbons (Fsp3) is 0.632. The van der Waals surface area contributed by atoms with E-state index >= 15 is 0 Å². The molecule has 0 N–H and O–H groups in total. The van der Waals surface area contributed by atoms with E-state index in [-0.39, 0.29) is 6.09 Å². The lowest BCUT2D eigenvalue weighted by atomic mass is 10.1. The zero-order valence-corrected chi connectivity index (χ0v) is 17.3. The van der Waals surface area contributed by atoms with Crippen molar-refractivity contribution in [1.82, 2.24) is 4.90 Å². The van der Waals surface area contributed by atoms with Crippen LogP contribution in [0.5, 0.6) is 0 Å². The van der Waals surface area contributed by atoms with E-state index in [2.05, 4.69) is 15.9 Å². The summed E-state index contributed by atoms with van der Waals surface area (Å²) in [5.41, 5.74) is 0.579. The third-order valence-corrected chi connectivity index (χ3v) is 4.31. The van der Waals surface area contributed by atoms with Crippen LogP contribution in [0.2, 0.25) is 5.02 Å². The molecule has 0 aliphatic rings. The van der Waals surface area contributed by atoms with Crippen LogP contribution in [0.3, 0.4) is 0 Å². The van der Waals surface area contributed by atoms with Gasteiger partial charge in [0, 0.05) is 23.4 Å². The maximum atomic E-state index is 12.5. The van der Waals surface area contributed by atoms with E-state index in [0.717, 1.165) is 23.7 Å². The molecule has 136 valence electrons. The summed E-state index contributed by atoms with van der Waals surface area (Å²) >= 11 is 9.39. The van der Waals surface area contributed by atoms with Gasteiger partial charge in [-0.1, -0.05) is 58.9 Å². The first-order valence-electron chi connectivity index (χ1n) is 8.60. The zero-order chi connectivity index (χ0) is 18.0. The normalized spacial score (nSPS) is 11.4. The number of carbonyl (C=O) groups is 1. The van der Waals surface area contributed by atoms with E-state index in [0.29, 0.717) is 18.1 Å². The van der Waals surface area contributed by atoms with Gasteiger partial charge in [-0.3, -0.25) is 0 Å². The van der Waals surface area contributed by atoms with Crippen molar-refractivity contribution in [3.8, 4) is 0 Å². The Kier molecular flexibility index (Phi) is 9.75. The monoisotopic (exact) mass is 417 g/mol. The first-order valence-corrected chi connectivity index (χ1v) is 10.1. The van der Waals surface area contributed by atoms with Crippen LogP contribution in [0.4, 0.5) is 4.79 Å². The lowest BCUT2D eigenvalue weighted by Crippen LogP contribution is -2.37. The predicted octanol–water partition coefficient (Wildman–Crippen LogP) is 6.42. The highest BCUT2D eigenvalue weighted by molar-refractivity contribution is 9.09. The highest BCUT2D eigenvalue weighted by atomic mass is 79.9.